The Morgan fingerprint density at radius 3 is 2.32 bits per heavy atom. The van der Waals surface area contributed by atoms with Crippen LogP contribution in [0.1, 0.15) is 62.4 Å². The fourth-order valence-electron chi connectivity index (χ4n) is 5.48. The van der Waals surface area contributed by atoms with Crippen molar-refractivity contribution in [2.45, 2.75) is 70.8 Å². The summed E-state index contributed by atoms with van der Waals surface area (Å²) < 4.78 is 61.1. The minimum atomic E-state index is -4.64. The summed E-state index contributed by atoms with van der Waals surface area (Å²) in [6.45, 7) is 4.17. The summed E-state index contributed by atoms with van der Waals surface area (Å²) in [7, 11) is 0. The number of fused-ring (bicyclic) bond motifs is 10. The van der Waals surface area contributed by atoms with Crippen LogP contribution in [-0.2, 0) is 16.1 Å². The lowest BCUT2D eigenvalue weighted by molar-refractivity contribution is -0.154. The highest BCUT2D eigenvalue weighted by molar-refractivity contribution is 5.98. The monoisotopic (exact) mass is 745 g/mol. The predicted octanol–water partition coefficient (Wildman–Crippen LogP) is 5.55. The van der Waals surface area contributed by atoms with E-state index in [1.54, 1.807) is 20.8 Å². The molecule has 1 fully saturated rings. The molecule has 286 valence electrons. The Bertz CT molecular complexity index is 1750. The molecule has 2 amide bonds. The molecule has 3 aliphatic rings. The average Bonchev–Trinajstić information content (AvgIpc) is 3.51. The van der Waals surface area contributed by atoms with Crippen molar-refractivity contribution in [3.8, 4) is 17.5 Å². The second kappa shape index (κ2) is 16.9. The van der Waals surface area contributed by atoms with Crippen molar-refractivity contribution in [3.63, 3.8) is 0 Å². The van der Waals surface area contributed by atoms with Crippen molar-refractivity contribution >= 4 is 35.6 Å². The molecule has 6 bridgehead atoms. The SMILES string of the molecule is CC(C)(C)OC(=O)N1C[C@H](C(=O)O)[C@H](NC(=O)c2ccc3cc2OCCCCCCOc2ccc(cc2)CNc2nc(nc(OCC(F)(F)F)n2)N3)C1. The van der Waals surface area contributed by atoms with Crippen LogP contribution in [0.5, 0.6) is 17.5 Å². The highest BCUT2D eigenvalue weighted by atomic mass is 19.4. The molecule has 2 atom stereocenters. The number of aromatic nitrogens is 3. The molecule has 3 aromatic rings. The molecule has 0 spiro atoms. The van der Waals surface area contributed by atoms with E-state index in [9.17, 15) is 32.7 Å². The van der Waals surface area contributed by atoms with Gasteiger partial charge in [0.05, 0.1) is 30.7 Å². The maximum absolute atomic E-state index is 13.7. The number of ether oxygens (including phenoxy) is 4. The molecule has 15 nitrogen and oxygen atoms in total. The van der Waals surface area contributed by atoms with Crippen molar-refractivity contribution in [1.82, 2.24) is 25.2 Å². The van der Waals surface area contributed by atoms with Crippen molar-refractivity contribution in [1.29, 1.82) is 0 Å². The summed E-state index contributed by atoms with van der Waals surface area (Å²) in [6, 6.07) is 10.2. The van der Waals surface area contributed by atoms with Crippen LogP contribution in [-0.4, -0.2) is 93.7 Å². The van der Waals surface area contributed by atoms with E-state index in [0.717, 1.165) is 24.8 Å². The number of nitrogens with zero attached hydrogens (tertiary/aromatic N) is 4. The molecule has 0 unspecified atom stereocenters. The van der Waals surface area contributed by atoms with Gasteiger partial charge in [0, 0.05) is 31.4 Å². The first-order valence-electron chi connectivity index (χ1n) is 17.1. The first-order valence-corrected chi connectivity index (χ1v) is 17.1. The number of carboxylic acid groups (broad SMARTS) is 1. The molecule has 1 saturated heterocycles. The summed E-state index contributed by atoms with van der Waals surface area (Å²) in [6.07, 6.45) is -2.21. The lowest BCUT2D eigenvalue weighted by Crippen LogP contribution is -2.43. The number of benzene rings is 2. The van der Waals surface area contributed by atoms with Crippen LogP contribution in [0.2, 0.25) is 0 Å². The lowest BCUT2D eigenvalue weighted by atomic mass is 10.0. The van der Waals surface area contributed by atoms with E-state index in [1.165, 1.54) is 23.1 Å². The van der Waals surface area contributed by atoms with Crippen molar-refractivity contribution in [2.24, 2.45) is 5.92 Å². The number of nitrogens with one attached hydrogen (secondary N) is 3. The fourth-order valence-corrected chi connectivity index (χ4v) is 5.48. The van der Waals surface area contributed by atoms with E-state index < -0.39 is 54.3 Å². The lowest BCUT2D eigenvalue weighted by Gasteiger charge is -2.24. The van der Waals surface area contributed by atoms with Gasteiger partial charge in [-0.3, -0.25) is 9.59 Å². The molecule has 6 rings (SSSR count). The van der Waals surface area contributed by atoms with Gasteiger partial charge in [0.1, 0.15) is 17.1 Å². The number of hydrogen-bond acceptors (Lipinski definition) is 12. The largest absolute Gasteiger partial charge is 0.494 e. The predicted molar refractivity (Wildman–Crippen MR) is 185 cm³/mol. The van der Waals surface area contributed by atoms with Gasteiger partial charge < -0.3 is 44.9 Å². The van der Waals surface area contributed by atoms with Crippen LogP contribution in [0.25, 0.3) is 0 Å². The number of carbonyl (C=O) groups excluding carboxylic acids is 2. The van der Waals surface area contributed by atoms with Gasteiger partial charge in [-0.15, -0.1) is 0 Å². The summed E-state index contributed by atoms with van der Waals surface area (Å²) in [4.78, 5) is 52.0. The maximum atomic E-state index is 13.7. The summed E-state index contributed by atoms with van der Waals surface area (Å²) >= 11 is 0. The summed E-state index contributed by atoms with van der Waals surface area (Å²) in [5.41, 5.74) is 0.425. The van der Waals surface area contributed by atoms with Gasteiger partial charge in [0.15, 0.2) is 6.61 Å². The molecule has 2 aromatic carbocycles. The Kier molecular flexibility index (Phi) is 12.3. The topological polar surface area (TPSA) is 186 Å². The third-order valence-electron chi connectivity index (χ3n) is 8.01. The third kappa shape index (κ3) is 11.7. The summed E-state index contributed by atoms with van der Waals surface area (Å²) in [5, 5.41) is 18.5. The van der Waals surface area contributed by atoms with Gasteiger partial charge in [-0.25, -0.2) is 4.79 Å². The number of rotatable bonds is 5. The standard InChI is InChI=1S/C35H42F3N7O8/c1-34(2,3)53-33(49)45-18-25(29(47)48)26(19-45)41-28(46)24-13-10-22-16-27(24)51-15-7-5-4-6-14-50-23-11-8-21(9-12-23)17-39-30-42-31(40-22)44-32(43-30)52-20-35(36,37)38/h8-13,16,25-26H,4-7,14-15,17-20H2,1-3H3,(H,41,46)(H,47,48)(H2,39,40,42,43,44)/t25-,26+/m0/s1. The maximum Gasteiger partial charge on any atom is 0.422 e. The number of alkyl halides is 3. The second-order valence-electron chi connectivity index (χ2n) is 13.5. The van der Waals surface area contributed by atoms with Crippen molar-refractivity contribution < 1.29 is 51.6 Å². The van der Waals surface area contributed by atoms with Gasteiger partial charge in [-0.2, -0.15) is 28.1 Å². The Labute approximate surface area is 303 Å². The fraction of sp³-hybridized carbons (Fsp3) is 0.486. The van der Waals surface area contributed by atoms with Gasteiger partial charge in [-0.1, -0.05) is 12.1 Å². The number of aliphatic carboxylic acids is 1. The second-order valence-corrected chi connectivity index (χ2v) is 13.5. The first kappa shape index (κ1) is 38.7. The van der Waals surface area contributed by atoms with Crippen LogP contribution in [0.4, 0.5) is 35.5 Å². The van der Waals surface area contributed by atoms with Crippen LogP contribution in [0.3, 0.4) is 0 Å². The molecule has 18 heteroatoms. The Hall–Kier alpha value is -5.55. The van der Waals surface area contributed by atoms with Crippen molar-refractivity contribution in [2.75, 3.05) is 43.5 Å². The minimum absolute atomic E-state index is 0.0664. The van der Waals surface area contributed by atoms with Gasteiger partial charge in [-0.05, 0) is 76.3 Å². The van der Waals surface area contributed by atoms with Crippen LogP contribution in [0.15, 0.2) is 42.5 Å². The number of carbonyl (C=O) groups is 3. The number of hydrogen-bond donors (Lipinski definition) is 4. The summed E-state index contributed by atoms with van der Waals surface area (Å²) in [5.74, 6) is -2.32. The van der Waals surface area contributed by atoms with Crippen LogP contribution < -0.4 is 30.2 Å². The molecule has 1 aromatic heterocycles. The normalized spacial score (nSPS) is 18.3. The number of amides is 2. The number of carboxylic acids is 1. The zero-order chi connectivity index (χ0) is 38.2. The Balaban J connectivity index is 1.40. The van der Waals surface area contributed by atoms with Crippen LogP contribution >= 0.6 is 0 Å². The third-order valence-corrected chi connectivity index (χ3v) is 8.01. The van der Waals surface area contributed by atoms with Crippen LogP contribution in [0, 0.1) is 5.92 Å². The van der Waals surface area contributed by atoms with E-state index in [4.69, 9.17) is 18.9 Å². The molecule has 4 heterocycles. The van der Waals surface area contributed by atoms with E-state index in [-0.39, 0.29) is 49.5 Å². The molecule has 53 heavy (non-hydrogen) atoms. The van der Waals surface area contributed by atoms with Gasteiger partial charge >= 0.3 is 24.2 Å². The van der Waals surface area contributed by atoms with Crippen molar-refractivity contribution in [3.05, 3.63) is 53.6 Å². The minimum Gasteiger partial charge on any atom is -0.494 e. The molecule has 0 radical (unpaired) electrons. The van der Waals surface area contributed by atoms with Gasteiger partial charge in [0.25, 0.3) is 5.91 Å². The molecular formula is C35H42F3N7O8. The van der Waals surface area contributed by atoms with E-state index in [2.05, 4.69) is 30.9 Å². The number of anilines is 3. The molecule has 0 aliphatic carbocycles. The quantitative estimate of drug-likeness (QED) is 0.255. The first-order chi connectivity index (χ1) is 25.1. The smallest absolute Gasteiger partial charge is 0.422 e. The molecule has 4 N–H and O–H groups in total. The molecular weight excluding hydrogens is 703 g/mol. The zero-order valence-corrected chi connectivity index (χ0v) is 29.5. The molecule has 0 saturated carbocycles. The number of likely N-dealkylation sites (tertiary alicyclic amines) is 1. The van der Waals surface area contributed by atoms with E-state index >= 15 is 0 Å². The molecule has 3 aliphatic heterocycles. The number of halogens is 3. The highest BCUT2D eigenvalue weighted by Gasteiger charge is 2.42. The van der Waals surface area contributed by atoms with E-state index in [1.807, 2.05) is 24.3 Å². The Morgan fingerprint density at radius 1 is 0.943 bits per heavy atom. The average molecular weight is 746 g/mol. The Morgan fingerprint density at radius 2 is 1.64 bits per heavy atom. The highest BCUT2D eigenvalue weighted by Crippen LogP contribution is 2.28. The van der Waals surface area contributed by atoms with Gasteiger partial charge in [0.2, 0.25) is 11.9 Å². The van der Waals surface area contributed by atoms with E-state index in [0.29, 0.717) is 24.5 Å². The zero-order valence-electron chi connectivity index (χ0n) is 29.5.